The van der Waals surface area contributed by atoms with Gasteiger partial charge in [0.05, 0.1) is 36.9 Å². The van der Waals surface area contributed by atoms with Crippen molar-refractivity contribution >= 4 is 11.9 Å². The van der Waals surface area contributed by atoms with Gasteiger partial charge in [0.1, 0.15) is 110 Å². The van der Waals surface area contributed by atoms with Gasteiger partial charge in [0.15, 0.2) is 25.2 Å². The van der Waals surface area contributed by atoms with Gasteiger partial charge < -0.3 is 118 Å². The van der Waals surface area contributed by atoms with Crippen LogP contribution in [-0.4, -0.2) is 252 Å². The van der Waals surface area contributed by atoms with E-state index in [0.29, 0.717) is 38.5 Å². The van der Waals surface area contributed by atoms with Crippen LogP contribution < -0.4 is 0 Å². The van der Waals surface area contributed by atoms with Crippen molar-refractivity contribution in [1.29, 1.82) is 0 Å². The van der Waals surface area contributed by atoms with E-state index in [1.807, 2.05) is 0 Å². The Morgan fingerprint density at radius 3 is 1.78 bits per heavy atom. The molecule has 4 saturated carbocycles. The Hall–Kier alpha value is -2.20. The fourth-order valence-corrected chi connectivity index (χ4v) is 17.2. The standard InChI is InChI=1S/C60H96O26/c1-24-36(63)40(67)44(71)51(79-24)84-48-33(23-76-26(3)61)82-50(47(74)43(48)70)78-22-32-39(66)42(69)46(73)53(81-32)86-55(75)60-18-16-56(4,5)20-30(60)29-11-10-28-27(58(29,8)17-19-60)12-13-34-57(6,7)35(14-15-59(28,34)9)83-54-49(38(65)31(62)21-77-54)85-52-45(72)41(68)37(64)25(2)80-52/h11,24-25,27-28,30-54,62-74H,10,12-23H2,1-9H3/t24-,25-,27+,28-,30-,31-,32+,33+,34-,35-,36-,37-,38-,39+,40+,41+,42-,43+,44+,45+,46+,47+,48+,49+,50+,51-,52-,53-,54-,58-,59+,60-/m0/s1. The van der Waals surface area contributed by atoms with Gasteiger partial charge in [-0.2, -0.15) is 0 Å². The van der Waals surface area contributed by atoms with Crippen LogP contribution in [0.2, 0.25) is 0 Å². The van der Waals surface area contributed by atoms with Crippen molar-refractivity contribution in [2.75, 3.05) is 19.8 Å². The van der Waals surface area contributed by atoms with E-state index in [1.165, 1.54) is 19.4 Å². The first-order valence-corrected chi connectivity index (χ1v) is 31.0. The molecule has 0 radical (unpaired) electrons. The molecule has 0 spiro atoms. The molecule has 5 heterocycles. The molecule has 9 fully saturated rings. The Morgan fingerprint density at radius 1 is 0.558 bits per heavy atom. The minimum absolute atomic E-state index is 0.142. The smallest absolute Gasteiger partial charge is 0.315 e. The van der Waals surface area contributed by atoms with E-state index in [1.54, 1.807) is 0 Å². The molecule has 5 aliphatic carbocycles. The van der Waals surface area contributed by atoms with E-state index in [9.17, 15) is 71.2 Å². The molecule has 32 atom stereocenters. The Morgan fingerprint density at radius 2 is 1.14 bits per heavy atom. The molecule has 5 aliphatic heterocycles. The second-order valence-electron chi connectivity index (χ2n) is 28.6. The Balaban J connectivity index is 0.818. The minimum Gasteiger partial charge on any atom is -0.463 e. The van der Waals surface area contributed by atoms with Gasteiger partial charge in [-0.3, -0.25) is 9.59 Å². The zero-order chi connectivity index (χ0) is 62.7. The van der Waals surface area contributed by atoms with Gasteiger partial charge in [-0.05, 0) is 123 Å². The molecule has 5 saturated heterocycles. The lowest BCUT2D eigenvalue weighted by Crippen LogP contribution is -2.65. The van der Waals surface area contributed by atoms with Gasteiger partial charge in [-0.25, -0.2) is 0 Å². The van der Waals surface area contributed by atoms with Crippen LogP contribution in [0.1, 0.15) is 127 Å². The van der Waals surface area contributed by atoms with Gasteiger partial charge >= 0.3 is 11.9 Å². The molecule has 10 aliphatic rings. The van der Waals surface area contributed by atoms with Crippen LogP contribution in [0, 0.1) is 50.7 Å². The Bertz CT molecular complexity index is 2410. The van der Waals surface area contributed by atoms with E-state index >= 15 is 4.79 Å². The number of esters is 2. The minimum atomic E-state index is -1.91. The van der Waals surface area contributed by atoms with E-state index in [2.05, 4.69) is 47.6 Å². The van der Waals surface area contributed by atoms with Gasteiger partial charge in [0.25, 0.3) is 0 Å². The summed E-state index contributed by atoms with van der Waals surface area (Å²) in [6.45, 7) is 16.2. The van der Waals surface area contributed by atoms with Crippen molar-refractivity contribution in [2.24, 2.45) is 50.7 Å². The van der Waals surface area contributed by atoms with Gasteiger partial charge in [-0.1, -0.05) is 53.2 Å². The number of hydrogen-bond acceptors (Lipinski definition) is 26. The summed E-state index contributed by atoms with van der Waals surface area (Å²) in [5.74, 6) is -0.867. The average molecular weight is 1230 g/mol. The Kier molecular flexibility index (Phi) is 19.4. The molecule has 0 amide bonds. The molecule has 13 N–H and O–H groups in total. The number of hydrogen-bond donors (Lipinski definition) is 13. The summed E-state index contributed by atoms with van der Waals surface area (Å²) in [7, 11) is 0. The van der Waals surface area contributed by atoms with Crippen LogP contribution in [0.4, 0.5) is 0 Å². The lowest BCUT2D eigenvalue weighted by atomic mass is 9.38. The fourth-order valence-electron chi connectivity index (χ4n) is 17.2. The number of carbonyl (C=O) groups excluding carboxylic acids is 2. The van der Waals surface area contributed by atoms with E-state index in [4.69, 9.17) is 52.1 Å². The van der Waals surface area contributed by atoms with Crippen LogP contribution in [0.25, 0.3) is 0 Å². The molecule has 26 nitrogen and oxygen atoms in total. The highest BCUT2D eigenvalue weighted by atomic mass is 16.8. The van der Waals surface area contributed by atoms with Gasteiger partial charge in [0, 0.05) is 6.92 Å². The summed E-state index contributed by atoms with van der Waals surface area (Å²) in [5, 5.41) is 141. The molecule has 0 aromatic carbocycles. The zero-order valence-electron chi connectivity index (χ0n) is 50.6. The first-order chi connectivity index (χ1) is 40.3. The molecule has 10 rings (SSSR count). The van der Waals surface area contributed by atoms with Crippen molar-refractivity contribution in [1.82, 2.24) is 0 Å². The van der Waals surface area contributed by atoms with Crippen LogP contribution in [0.15, 0.2) is 11.6 Å². The molecular weight excluding hydrogens is 1140 g/mol. The molecular formula is C60H96O26. The number of ether oxygens (including phenoxy) is 11. The lowest BCUT2D eigenvalue weighted by molar-refractivity contribution is -0.364. The van der Waals surface area contributed by atoms with Crippen molar-refractivity contribution < 1.29 is 128 Å². The van der Waals surface area contributed by atoms with Crippen LogP contribution in [-0.2, 0) is 61.7 Å². The largest absolute Gasteiger partial charge is 0.463 e. The van der Waals surface area contributed by atoms with E-state index in [0.717, 1.165) is 32.6 Å². The van der Waals surface area contributed by atoms with Gasteiger partial charge in [-0.15, -0.1) is 0 Å². The third-order valence-electron chi connectivity index (χ3n) is 22.5. The lowest BCUT2D eigenvalue weighted by Gasteiger charge is -2.67. The monoisotopic (exact) mass is 1230 g/mol. The first-order valence-electron chi connectivity index (χ1n) is 31.0. The third kappa shape index (κ3) is 11.9. The highest BCUT2D eigenvalue weighted by molar-refractivity contribution is 5.79. The average Bonchev–Trinajstić information content (AvgIpc) is 0.706. The van der Waals surface area contributed by atoms with Crippen molar-refractivity contribution in [3.8, 4) is 0 Å². The van der Waals surface area contributed by atoms with Crippen LogP contribution in [0.5, 0.6) is 0 Å². The highest BCUT2D eigenvalue weighted by Gasteiger charge is 2.67. The summed E-state index contributed by atoms with van der Waals surface area (Å²) >= 11 is 0. The number of carbonyl (C=O) groups is 2. The SMILES string of the molecule is CC(=O)OC[C@H]1O[C@@H](OC[C@H]2O[C@@H](OC(=O)[C@]34CCC(C)(C)C[C@H]3C3=CC[C@H]5[C@@H](CC[C@H]6C(C)(C)[C@@H](O[C@@H]7OC[C@H](O)[C@H](O)[C@H]7O[C@@H]7O[C@@H](C)[C@H](O)[C@@H](O)[C@H]7O)CC[C@]56C)[C@]3(C)CC4)[C@H](O)[C@@H](O)[C@@H]2O)[C@H](O)[C@@H](O)[C@@H]1O[C@@H]1O[C@@H](C)[C@H](O)[C@@H](O)[C@H]1O. The normalized spacial score (nSPS) is 52.7. The number of aliphatic hydroxyl groups is 13. The summed E-state index contributed by atoms with van der Waals surface area (Å²) in [4.78, 5) is 27.1. The highest BCUT2D eigenvalue weighted by Crippen LogP contribution is 2.72. The Labute approximate surface area is 500 Å². The van der Waals surface area contributed by atoms with Crippen molar-refractivity contribution in [3.63, 3.8) is 0 Å². The zero-order valence-corrected chi connectivity index (χ0v) is 50.6. The second kappa shape index (κ2) is 25.0. The number of allylic oxidation sites excluding steroid dienone is 2. The molecule has 0 aromatic heterocycles. The third-order valence-corrected chi connectivity index (χ3v) is 22.5. The summed E-state index contributed by atoms with van der Waals surface area (Å²) in [6.07, 6.45) is -28.2. The predicted octanol–water partition coefficient (Wildman–Crippen LogP) is -1.34. The maximum absolute atomic E-state index is 15.2. The molecule has 0 bridgehead atoms. The number of fused-ring (bicyclic) bond motifs is 7. The summed E-state index contributed by atoms with van der Waals surface area (Å²) < 4.78 is 65.1. The van der Waals surface area contributed by atoms with Gasteiger partial charge in [0.2, 0.25) is 6.29 Å². The molecule has 492 valence electrons. The predicted molar refractivity (Wildman–Crippen MR) is 292 cm³/mol. The molecule has 0 aromatic rings. The first kappa shape index (κ1) is 66.7. The van der Waals surface area contributed by atoms with Crippen molar-refractivity contribution in [3.05, 3.63) is 11.6 Å². The van der Waals surface area contributed by atoms with E-state index in [-0.39, 0.29) is 52.6 Å². The van der Waals surface area contributed by atoms with Crippen molar-refractivity contribution in [2.45, 2.75) is 280 Å². The summed E-state index contributed by atoms with van der Waals surface area (Å²) in [6, 6.07) is 0. The maximum Gasteiger partial charge on any atom is 0.315 e. The molecule has 86 heavy (non-hydrogen) atoms. The maximum atomic E-state index is 15.2. The second-order valence-corrected chi connectivity index (χ2v) is 28.6. The number of rotatable bonds is 13. The van der Waals surface area contributed by atoms with Crippen LogP contribution in [0.3, 0.4) is 0 Å². The molecule has 0 unspecified atom stereocenters. The summed E-state index contributed by atoms with van der Waals surface area (Å²) in [5.41, 5.74) is -0.811. The van der Waals surface area contributed by atoms with Crippen LogP contribution >= 0.6 is 0 Å². The molecule has 26 heteroatoms. The quantitative estimate of drug-likeness (QED) is 0.0577. The fraction of sp³-hybridized carbons (Fsp3) is 0.933. The topological polar surface area (TPSA) is 399 Å². The number of aliphatic hydroxyl groups excluding tert-OH is 13. The van der Waals surface area contributed by atoms with E-state index < -0.39 is 183 Å².